The van der Waals surface area contributed by atoms with Crippen LogP contribution in [0, 0.1) is 0 Å². The lowest BCUT2D eigenvalue weighted by atomic mass is 9.91. The van der Waals surface area contributed by atoms with E-state index in [9.17, 15) is 19.8 Å². The molecule has 6 rings (SSSR count). The van der Waals surface area contributed by atoms with Gasteiger partial charge in [0, 0.05) is 50.7 Å². The predicted octanol–water partition coefficient (Wildman–Crippen LogP) is 1.74. The first-order valence-corrected chi connectivity index (χ1v) is 14.1. The number of β-amino-alcohol motifs (C(OH)–C–C–N with tert-alkyl or cyclic N) is 1. The third kappa shape index (κ3) is 5.49. The van der Waals surface area contributed by atoms with Crippen molar-refractivity contribution in [3.8, 4) is 5.69 Å². The van der Waals surface area contributed by atoms with Gasteiger partial charge in [0.1, 0.15) is 11.7 Å². The van der Waals surface area contributed by atoms with Crippen LogP contribution in [-0.2, 0) is 11.3 Å². The predicted molar refractivity (Wildman–Crippen MR) is 153 cm³/mol. The Morgan fingerprint density at radius 1 is 1.05 bits per heavy atom. The Morgan fingerprint density at radius 3 is 2.44 bits per heavy atom. The molecule has 2 atom stereocenters. The van der Waals surface area contributed by atoms with Crippen molar-refractivity contribution < 1.29 is 15.0 Å². The van der Waals surface area contributed by atoms with Gasteiger partial charge in [-0.25, -0.2) is 9.67 Å². The van der Waals surface area contributed by atoms with Crippen molar-refractivity contribution in [1.82, 2.24) is 34.0 Å². The maximum absolute atomic E-state index is 13.3. The Kier molecular flexibility index (Phi) is 6.90. The van der Waals surface area contributed by atoms with E-state index in [1.165, 1.54) is 17.1 Å². The van der Waals surface area contributed by atoms with Crippen molar-refractivity contribution in [1.29, 1.82) is 0 Å². The Morgan fingerprint density at radius 2 is 1.78 bits per heavy atom. The van der Waals surface area contributed by atoms with Crippen LogP contribution in [0.3, 0.4) is 0 Å². The maximum Gasteiger partial charge on any atom is 0.264 e. The first-order valence-electron chi connectivity index (χ1n) is 14.1. The fraction of sp³-hybridized carbons (Fsp3) is 0.483. The molecule has 1 unspecified atom stereocenters. The van der Waals surface area contributed by atoms with Gasteiger partial charge in [0.05, 0.1) is 35.7 Å². The van der Waals surface area contributed by atoms with Crippen LogP contribution in [0.15, 0.2) is 60.0 Å². The second kappa shape index (κ2) is 10.4. The number of amides is 1. The molecule has 0 spiro atoms. The zero-order chi connectivity index (χ0) is 28.8. The van der Waals surface area contributed by atoms with E-state index in [-0.39, 0.29) is 24.1 Å². The Balaban J connectivity index is 1.11. The molecule has 2 fully saturated rings. The molecule has 5 heterocycles. The van der Waals surface area contributed by atoms with E-state index in [4.69, 9.17) is 0 Å². The standard InChI is InChI=1S/C29H36N8O4/c1-21(36-12-3-11-31-36)16-25(38)33-14-9-29(41,10-15-33)19-35-20-30-26-24(27(35)39)17-32-37(26)23-6-4-22(5-7-23)34-13-8-28(2,40)18-34/h3-7,11-12,17,20-21,40-41H,8-10,13-16,18-19H2,1-2H3/t21?,28-/m0/s1. The molecular formula is C29H36N8O4. The fourth-order valence-electron chi connectivity index (χ4n) is 5.88. The maximum atomic E-state index is 13.3. The third-order valence-electron chi connectivity index (χ3n) is 8.42. The zero-order valence-electron chi connectivity index (χ0n) is 23.4. The molecule has 2 N–H and O–H groups in total. The molecule has 0 radical (unpaired) electrons. The molecule has 0 saturated carbocycles. The highest BCUT2D eigenvalue weighted by Gasteiger charge is 2.35. The van der Waals surface area contributed by atoms with Crippen LogP contribution in [-0.4, -0.2) is 87.5 Å². The number of aliphatic hydroxyl groups is 2. The first kappa shape index (κ1) is 27.2. The van der Waals surface area contributed by atoms with Crippen LogP contribution in [0.1, 0.15) is 45.6 Å². The molecule has 0 aliphatic carbocycles. The second-order valence-corrected chi connectivity index (χ2v) is 11.8. The Bertz CT molecular complexity index is 1580. The largest absolute Gasteiger partial charge is 0.388 e. The van der Waals surface area contributed by atoms with Crippen molar-refractivity contribution in [3.63, 3.8) is 0 Å². The molecule has 2 aliphatic heterocycles. The van der Waals surface area contributed by atoms with Crippen LogP contribution in [0.25, 0.3) is 16.7 Å². The third-order valence-corrected chi connectivity index (χ3v) is 8.42. The van der Waals surface area contributed by atoms with E-state index in [1.54, 1.807) is 20.5 Å². The van der Waals surface area contributed by atoms with E-state index in [0.29, 0.717) is 49.9 Å². The summed E-state index contributed by atoms with van der Waals surface area (Å²) in [4.78, 5) is 34.6. The van der Waals surface area contributed by atoms with Crippen molar-refractivity contribution in [2.24, 2.45) is 0 Å². The van der Waals surface area contributed by atoms with Crippen LogP contribution >= 0.6 is 0 Å². The normalized spacial score (nSPS) is 21.5. The van der Waals surface area contributed by atoms with E-state index < -0.39 is 11.2 Å². The van der Waals surface area contributed by atoms with Gasteiger partial charge in [0.25, 0.3) is 5.56 Å². The number of fused-ring (bicyclic) bond motifs is 1. The first-order chi connectivity index (χ1) is 19.6. The molecule has 4 aromatic rings. The van der Waals surface area contributed by atoms with E-state index in [0.717, 1.165) is 24.3 Å². The van der Waals surface area contributed by atoms with Gasteiger partial charge in [-0.2, -0.15) is 10.2 Å². The highest BCUT2D eigenvalue weighted by Crippen LogP contribution is 2.28. The van der Waals surface area contributed by atoms with Gasteiger partial charge in [-0.15, -0.1) is 0 Å². The summed E-state index contributed by atoms with van der Waals surface area (Å²) in [6, 6.07) is 9.61. The molecule has 216 valence electrons. The molecule has 0 bridgehead atoms. The summed E-state index contributed by atoms with van der Waals surface area (Å²) in [5.41, 5.74) is 0.181. The van der Waals surface area contributed by atoms with Gasteiger partial charge in [-0.05, 0) is 63.4 Å². The van der Waals surface area contributed by atoms with Gasteiger partial charge in [0.2, 0.25) is 5.91 Å². The summed E-state index contributed by atoms with van der Waals surface area (Å²) in [7, 11) is 0. The summed E-state index contributed by atoms with van der Waals surface area (Å²) < 4.78 is 4.84. The van der Waals surface area contributed by atoms with E-state index in [2.05, 4.69) is 20.1 Å². The highest BCUT2D eigenvalue weighted by molar-refractivity contribution is 5.77. The summed E-state index contributed by atoms with van der Waals surface area (Å²) >= 11 is 0. The SMILES string of the molecule is CC(CC(=O)N1CCC(O)(Cn2cnc3c(cnn3-c3ccc(N4CC[C@](C)(O)C4)cc3)c2=O)CC1)n1cccn1. The molecule has 41 heavy (non-hydrogen) atoms. The average molecular weight is 561 g/mol. The number of hydrogen-bond acceptors (Lipinski definition) is 8. The topological polar surface area (TPSA) is 135 Å². The number of aromatic nitrogens is 6. The van der Waals surface area contributed by atoms with Crippen LogP contribution in [0.4, 0.5) is 5.69 Å². The van der Waals surface area contributed by atoms with Gasteiger partial charge in [-0.1, -0.05) is 0 Å². The van der Waals surface area contributed by atoms with Gasteiger partial charge in [-0.3, -0.25) is 18.8 Å². The van der Waals surface area contributed by atoms with Crippen molar-refractivity contribution >= 4 is 22.6 Å². The van der Waals surface area contributed by atoms with Crippen molar-refractivity contribution in [3.05, 3.63) is 65.6 Å². The van der Waals surface area contributed by atoms with Crippen molar-refractivity contribution in [2.45, 2.75) is 63.3 Å². The number of piperidine rings is 1. The molecule has 12 nitrogen and oxygen atoms in total. The Labute approximate surface area is 237 Å². The highest BCUT2D eigenvalue weighted by atomic mass is 16.3. The second-order valence-electron chi connectivity index (χ2n) is 11.8. The molecule has 12 heteroatoms. The number of carbonyl (C=O) groups excluding carboxylic acids is 1. The van der Waals surface area contributed by atoms with E-state index in [1.807, 2.05) is 50.4 Å². The molecular weight excluding hydrogens is 524 g/mol. The quantitative estimate of drug-likeness (QED) is 0.349. The lowest BCUT2D eigenvalue weighted by Crippen LogP contribution is -2.49. The summed E-state index contributed by atoms with van der Waals surface area (Å²) in [5.74, 6) is 0.0306. The summed E-state index contributed by atoms with van der Waals surface area (Å²) in [6.07, 6.45) is 8.33. The molecule has 1 aromatic carbocycles. The zero-order valence-corrected chi connectivity index (χ0v) is 23.4. The number of anilines is 1. The number of likely N-dealkylation sites (tertiary alicyclic amines) is 1. The minimum Gasteiger partial charge on any atom is -0.388 e. The van der Waals surface area contributed by atoms with Crippen LogP contribution in [0.2, 0.25) is 0 Å². The van der Waals surface area contributed by atoms with Gasteiger partial charge >= 0.3 is 0 Å². The van der Waals surface area contributed by atoms with Crippen molar-refractivity contribution in [2.75, 3.05) is 31.1 Å². The molecule has 2 aliphatic rings. The fourth-order valence-corrected chi connectivity index (χ4v) is 5.88. The molecule has 2 saturated heterocycles. The molecule has 1 amide bonds. The van der Waals surface area contributed by atoms with E-state index >= 15 is 0 Å². The lowest BCUT2D eigenvalue weighted by molar-refractivity contribution is -0.136. The number of benzene rings is 1. The minimum atomic E-state index is -1.12. The number of carbonyl (C=O) groups is 1. The number of rotatable bonds is 7. The Hall–Kier alpha value is -4.03. The lowest BCUT2D eigenvalue weighted by Gasteiger charge is -2.38. The summed E-state index contributed by atoms with van der Waals surface area (Å²) in [6.45, 7) is 6.14. The smallest absolute Gasteiger partial charge is 0.264 e. The van der Waals surface area contributed by atoms with Gasteiger partial charge in [0.15, 0.2) is 5.65 Å². The average Bonchev–Trinajstić information content (AvgIpc) is 3.71. The minimum absolute atomic E-state index is 0.0306. The monoisotopic (exact) mass is 560 g/mol. The van der Waals surface area contributed by atoms with Gasteiger partial charge < -0.3 is 20.0 Å². The summed E-state index contributed by atoms with van der Waals surface area (Å²) in [5, 5.41) is 30.6. The number of hydrogen-bond donors (Lipinski definition) is 2. The number of nitrogens with zero attached hydrogens (tertiary/aromatic N) is 8. The van der Waals surface area contributed by atoms with Crippen LogP contribution in [0.5, 0.6) is 0 Å². The van der Waals surface area contributed by atoms with Crippen LogP contribution < -0.4 is 10.5 Å². The molecule has 3 aromatic heterocycles.